The summed E-state index contributed by atoms with van der Waals surface area (Å²) >= 11 is 0. The predicted molar refractivity (Wildman–Crippen MR) is 48.2 cm³/mol. The topological polar surface area (TPSA) is 63.4 Å². The summed E-state index contributed by atoms with van der Waals surface area (Å²) in [5.41, 5.74) is -0.137. The second kappa shape index (κ2) is 4.48. The highest BCUT2D eigenvalue weighted by Gasteiger charge is 2.54. The molecule has 7 heteroatoms. The molecule has 1 aromatic carbocycles. The van der Waals surface area contributed by atoms with Crippen LogP contribution < -0.4 is 0 Å². The lowest BCUT2D eigenvalue weighted by molar-refractivity contribution is -0.575. The number of aliphatic hydroxyl groups is 1. The van der Waals surface area contributed by atoms with Gasteiger partial charge < -0.3 is 5.11 Å². The van der Waals surface area contributed by atoms with Gasteiger partial charge in [0.15, 0.2) is 6.10 Å². The number of rotatable bonds is 3. The lowest BCUT2D eigenvalue weighted by Gasteiger charge is -2.18. The fraction of sp³-hybridized carbons (Fsp3) is 0.333. The molecule has 0 spiro atoms. The van der Waals surface area contributed by atoms with Gasteiger partial charge in [0.2, 0.25) is 0 Å². The van der Waals surface area contributed by atoms with Crippen LogP contribution in [0.4, 0.5) is 13.2 Å². The van der Waals surface area contributed by atoms with Crippen LogP contribution in [0.2, 0.25) is 0 Å². The van der Waals surface area contributed by atoms with E-state index >= 15 is 0 Å². The maximum Gasteiger partial charge on any atom is 0.460 e. The molecule has 1 unspecified atom stereocenters. The van der Waals surface area contributed by atoms with E-state index in [2.05, 4.69) is 0 Å². The van der Waals surface area contributed by atoms with Gasteiger partial charge in [0.05, 0.1) is 0 Å². The third-order valence-corrected chi connectivity index (χ3v) is 2.00. The molecule has 1 N–H and O–H groups in total. The largest absolute Gasteiger partial charge is 0.460 e. The van der Waals surface area contributed by atoms with Crippen molar-refractivity contribution in [2.75, 3.05) is 0 Å². The lowest BCUT2D eigenvalue weighted by Crippen LogP contribution is -2.41. The van der Waals surface area contributed by atoms with Crippen molar-refractivity contribution in [2.24, 2.45) is 0 Å². The zero-order chi connectivity index (χ0) is 12.3. The number of hydrogen-bond donors (Lipinski definition) is 1. The van der Waals surface area contributed by atoms with Crippen molar-refractivity contribution in [3.63, 3.8) is 0 Å². The molecule has 0 saturated heterocycles. The molecule has 0 aliphatic carbocycles. The Labute approximate surface area is 88.5 Å². The first-order valence-corrected chi connectivity index (χ1v) is 4.27. The molecule has 0 heterocycles. The fourth-order valence-corrected chi connectivity index (χ4v) is 1.25. The molecule has 0 aliphatic heterocycles. The van der Waals surface area contributed by atoms with E-state index in [0.29, 0.717) is 0 Å². The summed E-state index contributed by atoms with van der Waals surface area (Å²) in [6, 6.07) is 3.72. The predicted octanol–water partition coefficient (Wildman–Crippen LogP) is 1.93. The SMILES string of the molecule is O=[N+]([O-])[C@H](C(O)c1ccccc1)C(F)(F)F. The Kier molecular flexibility index (Phi) is 3.48. The molecule has 0 amide bonds. The minimum absolute atomic E-state index is 0.137. The smallest absolute Gasteiger partial charge is 0.381 e. The van der Waals surface area contributed by atoms with Crippen molar-refractivity contribution in [3.8, 4) is 0 Å². The summed E-state index contributed by atoms with van der Waals surface area (Å²) in [4.78, 5) is 8.76. The van der Waals surface area contributed by atoms with E-state index in [9.17, 15) is 28.4 Å². The summed E-state index contributed by atoms with van der Waals surface area (Å²) in [6.07, 6.45) is -7.28. The van der Waals surface area contributed by atoms with Crippen LogP contribution in [0.15, 0.2) is 30.3 Å². The maximum atomic E-state index is 12.3. The van der Waals surface area contributed by atoms with Crippen LogP contribution in [0.3, 0.4) is 0 Å². The van der Waals surface area contributed by atoms with Crippen molar-refractivity contribution >= 4 is 0 Å². The molecule has 0 radical (unpaired) electrons. The summed E-state index contributed by atoms with van der Waals surface area (Å²) in [5.74, 6) is 0. The van der Waals surface area contributed by atoms with Crippen LogP contribution in [-0.2, 0) is 0 Å². The summed E-state index contributed by atoms with van der Waals surface area (Å²) in [6.45, 7) is 0. The first kappa shape index (κ1) is 12.4. The van der Waals surface area contributed by atoms with Gasteiger partial charge in [-0.2, -0.15) is 13.2 Å². The molecule has 88 valence electrons. The van der Waals surface area contributed by atoms with Crippen LogP contribution in [0.1, 0.15) is 11.7 Å². The van der Waals surface area contributed by atoms with Gasteiger partial charge in [-0.05, 0) is 5.56 Å². The van der Waals surface area contributed by atoms with E-state index in [1.165, 1.54) is 30.3 Å². The van der Waals surface area contributed by atoms with Crippen LogP contribution in [-0.4, -0.2) is 22.2 Å². The molecule has 0 aromatic heterocycles. The first-order valence-electron chi connectivity index (χ1n) is 4.27. The molecule has 0 bridgehead atoms. The van der Waals surface area contributed by atoms with E-state index < -0.39 is 23.2 Å². The maximum absolute atomic E-state index is 12.3. The first-order chi connectivity index (χ1) is 7.34. The highest BCUT2D eigenvalue weighted by molar-refractivity contribution is 5.18. The third-order valence-electron chi connectivity index (χ3n) is 2.00. The van der Waals surface area contributed by atoms with Gasteiger partial charge in [-0.25, -0.2) is 0 Å². The van der Waals surface area contributed by atoms with Gasteiger partial charge in [0.25, 0.3) is 0 Å². The zero-order valence-corrected chi connectivity index (χ0v) is 7.89. The Morgan fingerprint density at radius 3 is 2.12 bits per heavy atom. The van der Waals surface area contributed by atoms with Crippen molar-refractivity contribution in [2.45, 2.75) is 18.3 Å². The molecule has 1 aromatic rings. The van der Waals surface area contributed by atoms with Gasteiger partial charge in [-0.1, -0.05) is 30.3 Å². The Morgan fingerprint density at radius 2 is 1.75 bits per heavy atom. The molecule has 16 heavy (non-hydrogen) atoms. The number of benzene rings is 1. The Hall–Kier alpha value is -1.63. The van der Waals surface area contributed by atoms with E-state index in [4.69, 9.17) is 0 Å². The van der Waals surface area contributed by atoms with Crippen LogP contribution in [0.5, 0.6) is 0 Å². The highest BCUT2D eigenvalue weighted by Crippen LogP contribution is 2.31. The number of hydrogen-bond acceptors (Lipinski definition) is 3. The quantitative estimate of drug-likeness (QED) is 0.643. The Balaban J connectivity index is 3.02. The molecule has 0 fully saturated rings. The Morgan fingerprint density at radius 1 is 1.25 bits per heavy atom. The van der Waals surface area contributed by atoms with Crippen LogP contribution in [0.25, 0.3) is 0 Å². The van der Waals surface area contributed by atoms with E-state index in [0.717, 1.165) is 0 Å². The van der Waals surface area contributed by atoms with Crippen molar-refractivity contribution in [1.82, 2.24) is 0 Å². The van der Waals surface area contributed by atoms with Crippen molar-refractivity contribution in [1.29, 1.82) is 0 Å². The highest BCUT2D eigenvalue weighted by atomic mass is 19.4. The average molecular weight is 235 g/mol. The summed E-state index contributed by atoms with van der Waals surface area (Å²) in [5, 5.41) is 19.6. The second-order valence-corrected chi connectivity index (χ2v) is 3.13. The van der Waals surface area contributed by atoms with Gasteiger partial charge in [-0.15, -0.1) is 0 Å². The minimum atomic E-state index is -5.08. The monoisotopic (exact) mass is 235 g/mol. The summed E-state index contributed by atoms with van der Waals surface area (Å²) < 4.78 is 36.9. The average Bonchev–Trinajstić information content (AvgIpc) is 2.16. The van der Waals surface area contributed by atoms with Gasteiger partial charge in [-0.3, -0.25) is 10.1 Å². The molecular weight excluding hydrogens is 227 g/mol. The van der Waals surface area contributed by atoms with Crippen molar-refractivity contribution in [3.05, 3.63) is 46.0 Å². The van der Waals surface area contributed by atoms with E-state index in [1.807, 2.05) is 0 Å². The van der Waals surface area contributed by atoms with E-state index in [-0.39, 0.29) is 5.56 Å². The molecule has 2 atom stereocenters. The van der Waals surface area contributed by atoms with Crippen LogP contribution >= 0.6 is 0 Å². The fourth-order valence-electron chi connectivity index (χ4n) is 1.25. The number of aliphatic hydroxyl groups excluding tert-OH is 1. The van der Waals surface area contributed by atoms with Crippen LogP contribution in [0, 0.1) is 10.1 Å². The molecule has 4 nitrogen and oxygen atoms in total. The van der Waals surface area contributed by atoms with Crippen molar-refractivity contribution < 1.29 is 23.2 Å². The molecule has 0 aliphatic rings. The molecular formula is C9H8F3NO3. The second-order valence-electron chi connectivity index (χ2n) is 3.13. The standard InChI is InChI=1S/C9H8F3NO3/c10-9(11,12)8(13(15)16)7(14)6-4-2-1-3-5-6/h1-5,7-8,14H/t7?,8-/m1/s1. The normalized spacial score (nSPS) is 15.5. The zero-order valence-electron chi connectivity index (χ0n) is 7.89. The number of halogens is 3. The van der Waals surface area contributed by atoms with E-state index in [1.54, 1.807) is 0 Å². The summed E-state index contributed by atoms with van der Waals surface area (Å²) in [7, 11) is 0. The number of nitrogens with zero attached hydrogens (tertiary/aromatic N) is 1. The lowest BCUT2D eigenvalue weighted by atomic mass is 10.0. The Bertz CT molecular complexity index is 366. The minimum Gasteiger partial charge on any atom is -0.381 e. The number of nitro groups is 1. The molecule has 1 rings (SSSR count). The van der Waals surface area contributed by atoms with Gasteiger partial charge in [0, 0.05) is 4.92 Å². The van der Waals surface area contributed by atoms with Gasteiger partial charge >= 0.3 is 12.2 Å². The van der Waals surface area contributed by atoms with Gasteiger partial charge in [0.1, 0.15) is 0 Å². The third kappa shape index (κ3) is 2.69. The molecule has 0 saturated carbocycles. The number of alkyl halides is 3.